The number of anilines is 1. The maximum Gasteiger partial charge on any atom is 0.158 e. The minimum atomic E-state index is 0.466. The van der Waals surface area contributed by atoms with Gasteiger partial charge in [0.05, 0.1) is 13.2 Å². The molecule has 1 saturated heterocycles. The first-order chi connectivity index (χ1) is 7.84. The molecule has 0 amide bonds. The average molecular weight is 239 g/mol. The van der Waals surface area contributed by atoms with Gasteiger partial charge in [0.1, 0.15) is 5.82 Å². The highest BCUT2D eigenvalue weighted by Gasteiger charge is 2.15. The Morgan fingerprint density at radius 1 is 1.31 bits per heavy atom. The van der Waals surface area contributed by atoms with E-state index in [4.69, 9.17) is 16.3 Å². The molecule has 2 aromatic rings. The summed E-state index contributed by atoms with van der Waals surface area (Å²) in [4.78, 5) is 6.44. The standard InChI is InChI=1S/C10H11ClN4O/c11-8-7-9-12-2-1-10(15(9)13-8)14-3-5-16-6-4-14/h1-2,7H,3-6H2. The number of morpholine rings is 1. The van der Waals surface area contributed by atoms with E-state index in [0.717, 1.165) is 37.8 Å². The molecule has 0 bridgehead atoms. The van der Waals surface area contributed by atoms with Gasteiger partial charge in [0, 0.05) is 25.4 Å². The van der Waals surface area contributed by atoms with Gasteiger partial charge in [0.15, 0.2) is 10.8 Å². The molecule has 0 aliphatic carbocycles. The molecule has 16 heavy (non-hydrogen) atoms. The fourth-order valence-electron chi connectivity index (χ4n) is 1.89. The highest BCUT2D eigenvalue weighted by atomic mass is 35.5. The van der Waals surface area contributed by atoms with E-state index in [1.165, 1.54) is 0 Å². The minimum absolute atomic E-state index is 0.466. The third-order valence-corrected chi connectivity index (χ3v) is 2.83. The van der Waals surface area contributed by atoms with Gasteiger partial charge < -0.3 is 9.64 Å². The highest BCUT2D eigenvalue weighted by molar-refractivity contribution is 6.29. The molecular formula is C10H11ClN4O. The fraction of sp³-hybridized carbons (Fsp3) is 0.400. The first-order valence-electron chi connectivity index (χ1n) is 5.17. The first kappa shape index (κ1) is 9.86. The molecule has 0 radical (unpaired) electrons. The van der Waals surface area contributed by atoms with Crippen molar-refractivity contribution < 1.29 is 4.74 Å². The lowest BCUT2D eigenvalue weighted by Crippen LogP contribution is -2.37. The highest BCUT2D eigenvalue weighted by Crippen LogP contribution is 2.18. The summed E-state index contributed by atoms with van der Waals surface area (Å²) in [6.45, 7) is 3.24. The topological polar surface area (TPSA) is 42.7 Å². The fourth-order valence-corrected chi connectivity index (χ4v) is 2.06. The minimum Gasteiger partial charge on any atom is -0.378 e. The van der Waals surface area contributed by atoms with E-state index in [1.807, 2.05) is 6.07 Å². The lowest BCUT2D eigenvalue weighted by atomic mass is 10.4. The van der Waals surface area contributed by atoms with Gasteiger partial charge in [-0.3, -0.25) is 0 Å². The number of halogens is 1. The summed E-state index contributed by atoms with van der Waals surface area (Å²) in [5.41, 5.74) is 0.772. The quantitative estimate of drug-likeness (QED) is 0.749. The summed E-state index contributed by atoms with van der Waals surface area (Å²) in [5, 5.41) is 4.69. The van der Waals surface area contributed by atoms with Gasteiger partial charge in [0.2, 0.25) is 0 Å². The van der Waals surface area contributed by atoms with Crippen LogP contribution in [0, 0.1) is 0 Å². The largest absolute Gasteiger partial charge is 0.378 e. The van der Waals surface area contributed by atoms with Crippen molar-refractivity contribution in [1.29, 1.82) is 0 Å². The molecular weight excluding hydrogens is 228 g/mol. The smallest absolute Gasteiger partial charge is 0.158 e. The number of hydrogen-bond acceptors (Lipinski definition) is 4. The third kappa shape index (κ3) is 1.62. The SMILES string of the molecule is Clc1cc2nccc(N3CCOCC3)n2n1. The van der Waals surface area contributed by atoms with Crippen LogP contribution in [0.1, 0.15) is 0 Å². The van der Waals surface area contributed by atoms with E-state index >= 15 is 0 Å². The van der Waals surface area contributed by atoms with Gasteiger partial charge in [-0.05, 0) is 6.07 Å². The van der Waals surface area contributed by atoms with Crippen LogP contribution in [0.2, 0.25) is 5.15 Å². The first-order valence-corrected chi connectivity index (χ1v) is 5.55. The Bertz CT molecular complexity index is 506. The van der Waals surface area contributed by atoms with E-state index in [2.05, 4.69) is 15.0 Å². The molecule has 1 aliphatic heterocycles. The maximum atomic E-state index is 5.88. The summed E-state index contributed by atoms with van der Waals surface area (Å²) in [6.07, 6.45) is 1.78. The summed E-state index contributed by atoms with van der Waals surface area (Å²) >= 11 is 5.88. The molecule has 0 atom stereocenters. The molecule has 0 spiro atoms. The maximum absolute atomic E-state index is 5.88. The van der Waals surface area contributed by atoms with Crippen LogP contribution in [0.25, 0.3) is 5.65 Å². The lowest BCUT2D eigenvalue weighted by Gasteiger charge is -2.28. The Kier molecular flexibility index (Phi) is 2.41. The number of aromatic nitrogens is 3. The molecule has 1 aliphatic rings. The van der Waals surface area contributed by atoms with Crippen molar-refractivity contribution in [2.24, 2.45) is 0 Å². The number of nitrogens with zero attached hydrogens (tertiary/aromatic N) is 4. The van der Waals surface area contributed by atoms with E-state index in [9.17, 15) is 0 Å². The Morgan fingerprint density at radius 3 is 2.94 bits per heavy atom. The van der Waals surface area contributed by atoms with Crippen molar-refractivity contribution >= 4 is 23.1 Å². The van der Waals surface area contributed by atoms with E-state index in [1.54, 1.807) is 16.8 Å². The van der Waals surface area contributed by atoms with Crippen LogP contribution in [0.15, 0.2) is 18.3 Å². The molecule has 84 valence electrons. The Morgan fingerprint density at radius 2 is 2.12 bits per heavy atom. The van der Waals surface area contributed by atoms with Crippen LogP contribution in [0.4, 0.5) is 5.82 Å². The Hall–Kier alpha value is -1.33. The second kappa shape index (κ2) is 3.92. The molecule has 2 aromatic heterocycles. The molecule has 5 nitrogen and oxygen atoms in total. The third-order valence-electron chi connectivity index (χ3n) is 2.64. The molecule has 0 aromatic carbocycles. The van der Waals surface area contributed by atoms with Gasteiger partial charge in [-0.15, -0.1) is 0 Å². The lowest BCUT2D eigenvalue weighted by molar-refractivity contribution is 0.122. The van der Waals surface area contributed by atoms with Gasteiger partial charge in [-0.2, -0.15) is 9.61 Å². The predicted octanol–water partition coefficient (Wildman–Crippen LogP) is 1.22. The molecule has 0 N–H and O–H groups in total. The van der Waals surface area contributed by atoms with Crippen LogP contribution < -0.4 is 4.90 Å². The van der Waals surface area contributed by atoms with Crippen LogP contribution in [-0.4, -0.2) is 40.9 Å². The van der Waals surface area contributed by atoms with Crippen LogP contribution in [-0.2, 0) is 4.74 Å². The zero-order chi connectivity index (χ0) is 11.0. The summed E-state index contributed by atoms with van der Waals surface area (Å²) < 4.78 is 7.10. The van der Waals surface area contributed by atoms with Crippen molar-refractivity contribution in [1.82, 2.24) is 14.6 Å². The molecule has 3 heterocycles. The summed E-state index contributed by atoms with van der Waals surface area (Å²) in [7, 11) is 0. The normalized spacial score (nSPS) is 16.9. The zero-order valence-corrected chi connectivity index (χ0v) is 9.39. The Balaban J connectivity index is 2.07. The summed E-state index contributed by atoms with van der Waals surface area (Å²) in [6, 6.07) is 3.70. The number of fused-ring (bicyclic) bond motifs is 1. The molecule has 1 fully saturated rings. The van der Waals surface area contributed by atoms with Crippen molar-refractivity contribution in [3.8, 4) is 0 Å². The predicted molar refractivity (Wildman–Crippen MR) is 61.0 cm³/mol. The average Bonchev–Trinajstić information content (AvgIpc) is 2.70. The van der Waals surface area contributed by atoms with E-state index in [-0.39, 0.29) is 0 Å². The van der Waals surface area contributed by atoms with Gasteiger partial charge >= 0.3 is 0 Å². The van der Waals surface area contributed by atoms with Crippen molar-refractivity contribution in [3.63, 3.8) is 0 Å². The monoisotopic (exact) mass is 238 g/mol. The number of rotatable bonds is 1. The van der Waals surface area contributed by atoms with E-state index < -0.39 is 0 Å². The van der Waals surface area contributed by atoms with Crippen LogP contribution in [0.5, 0.6) is 0 Å². The zero-order valence-electron chi connectivity index (χ0n) is 8.64. The molecule has 3 rings (SSSR count). The second-order valence-electron chi connectivity index (χ2n) is 3.64. The van der Waals surface area contributed by atoms with E-state index in [0.29, 0.717) is 5.15 Å². The Labute approximate surface area is 97.6 Å². The number of ether oxygens (including phenoxy) is 1. The van der Waals surface area contributed by atoms with Crippen molar-refractivity contribution in [2.45, 2.75) is 0 Å². The van der Waals surface area contributed by atoms with Gasteiger partial charge in [-0.1, -0.05) is 11.6 Å². The second-order valence-corrected chi connectivity index (χ2v) is 4.03. The molecule has 0 unspecified atom stereocenters. The summed E-state index contributed by atoms with van der Waals surface area (Å²) in [5.74, 6) is 1.01. The number of hydrogen-bond donors (Lipinski definition) is 0. The van der Waals surface area contributed by atoms with Crippen LogP contribution in [0.3, 0.4) is 0 Å². The van der Waals surface area contributed by atoms with Gasteiger partial charge in [0.25, 0.3) is 0 Å². The molecule has 0 saturated carbocycles. The molecule has 6 heteroatoms. The van der Waals surface area contributed by atoms with Gasteiger partial charge in [-0.25, -0.2) is 4.98 Å². The van der Waals surface area contributed by atoms with Crippen molar-refractivity contribution in [2.75, 3.05) is 31.2 Å². The van der Waals surface area contributed by atoms with Crippen LogP contribution >= 0.6 is 11.6 Å². The van der Waals surface area contributed by atoms with Crippen molar-refractivity contribution in [3.05, 3.63) is 23.5 Å².